The second-order valence-electron chi connectivity index (χ2n) is 7.11. The zero-order valence-electron chi connectivity index (χ0n) is 15.0. The Kier molecular flexibility index (Phi) is 6.30. The first kappa shape index (κ1) is 20.3. The molecule has 1 aromatic rings. The van der Waals surface area contributed by atoms with Crippen molar-refractivity contribution < 1.29 is 24.3 Å². The van der Waals surface area contributed by atoms with Crippen molar-refractivity contribution in [3.05, 3.63) is 39.2 Å². The van der Waals surface area contributed by atoms with Gasteiger partial charge in [0.2, 0.25) is 5.91 Å². The van der Waals surface area contributed by atoms with Gasteiger partial charge < -0.3 is 15.5 Å². The highest BCUT2D eigenvalue weighted by Gasteiger charge is 2.36. The largest absolute Gasteiger partial charge is 0.388 e. The number of aliphatic hydroxyl groups excluding tert-OH is 1. The number of carbonyl (C=O) groups excluding carboxylic acids is 1. The van der Waals surface area contributed by atoms with E-state index in [4.69, 9.17) is 0 Å². The van der Waals surface area contributed by atoms with E-state index in [0.717, 1.165) is 37.8 Å². The van der Waals surface area contributed by atoms with Crippen LogP contribution in [0.3, 0.4) is 0 Å². The van der Waals surface area contributed by atoms with Gasteiger partial charge in [0, 0.05) is 24.1 Å². The van der Waals surface area contributed by atoms with Crippen LogP contribution in [0.2, 0.25) is 0 Å². The Morgan fingerprint density at radius 1 is 1.46 bits per heavy atom. The lowest BCUT2D eigenvalue weighted by Gasteiger charge is -2.27. The third-order valence-corrected chi connectivity index (χ3v) is 4.88. The summed E-state index contributed by atoms with van der Waals surface area (Å²) in [6.07, 6.45) is 2.47. The summed E-state index contributed by atoms with van der Waals surface area (Å²) in [4.78, 5) is 22.6. The van der Waals surface area contributed by atoms with E-state index < -0.39 is 28.1 Å². The van der Waals surface area contributed by atoms with Crippen LogP contribution in [-0.4, -0.2) is 27.1 Å². The molecular weight excluding hydrogens is 343 g/mol. The zero-order valence-corrected chi connectivity index (χ0v) is 15.0. The van der Waals surface area contributed by atoms with Crippen LogP contribution in [0.25, 0.3) is 0 Å². The Morgan fingerprint density at radius 2 is 2.08 bits per heavy atom. The van der Waals surface area contributed by atoms with Crippen LogP contribution in [0.15, 0.2) is 12.1 Å². The van der Waals surface area contributed by atoms with Crippen molar-refractivity contribution >= 4 is 11.6 Å². The highest BCUT2D eigenvalue weighted by molar-refractivity contribution is 5.76. The molecule has 2 atom stereocenters. The van der Waals surface area contributed by atoms with E-state index in [0.29, 0.717) is 0 Å². The Hall–Kier alpha value is -2.06. The topological polar surface area (TPSA) is 113 Å². The Balaban J connectivity index is 2.22. The first-order chi connectivity index (χ1) is 12.1. The molecule has 1 fully saturated rings. The number of amides is 1. The molecule has 0 aliphatic heterocycles. The molecule has 2 unspecified atom stereocenters. The number of benzene rings is 1. The smallest absolute Gasteiger partial charge is 0.275 e. The molecule has 8 heteroatoms. The molecule has 1 saturated carbocycles. The van der Waals surface area contributed by atoms with Crippen LogP contribution in [0.1, 0.15) is 69.6 Å². The number of nitrogens with zero attached hydrogens (tertiary/aromatic N) is 1. The number of halogens is 1. The van der Waals surface area contributed by atoms with Crippen molar-refractivity contribution in [3.63, 3.8) is 0 Å². The highest BCUT2D eigenvalue weighted by atomic mass is 19.1. The molecule has 1 aliphatic rings. The lowest BCUT2D eigenvalue weighted by molar-refractivity contribution is -0.386. The number of hydrogen-bond acceptors (Lipinski definition) is 5. The second kappa shape index (κ2) is 8.09. The summed E-state index contributed by atoms with van der Waals surface area (Å²) in [5.74, 6) is -1.10. The number of carbonyl (C=O) groups is 1. The lowest BCUT2D eigenvalue weighted by Crippen LogP contribution is -2.34. The average molecular weight is 368 g/mol. The van der Waals surface area contributed by atoms with Gasteiger partial charge >= 0.3 is 0 Å². The second-order valence-corrected chi connectivity index (χ2v) is 7.11. The first-order valence-corrected chi connectivity index (χ1v) is 8.80. The maximum Gasteiger partial charge on any atom is 0.275 e. The molecule has 0 saturated heterocycles. The molecule has 144 valence electrons. The number of nitro groups is 1. The molecule has 26 heavy (non-hydrogen) atoms. The van der Waals surface area contributed by atoms with Gasteiger partial charge in [-0.25, -0.2) is 4.39 Å². The number of nitrogens with one attached hydrogen (secondary N) is 1. The van der Waals surface area contributed by atoms with E-state index in [1.807, 2.05) is 0 Å². The van der Waals surface area contributed by atoms with Gasteiger partial charge in [-0.05, 0) is 39.2 Å². The molecule has 0 bridgehead atoms. The number of hydrogen-bond donors (Lipinski definition) is 3. The normalized spacial score (nSPS) is 18.3. The Morgan fingerprint density at radius 3 is 2.62 bits per heavy atom. The fourth-order valence-corrected chi connectivity index (χ4v) is 3.56. The minimum Gasteiger partial charge on any atom is -0.388 e. The summed E-state index contributed by atoms with van der Waals surface area (Å²) in [6.45, 7) is 2.57. The quantitative estimate of drug-likeness (QED) is 0.506. The molecule has 0 heterocycles. The van der Waals surface area contributed by atoms with Gasteiger partial charge in [0.25, 0.3) is 5.69 Å². The fourth-order valence-electron chi connectivity index (χ4n) is 3.56. The number of rotatable bonds is 7. The molecule has 2 rings (SSSR count). The third kappa shape index (κ3) is 4.56. The maximum atomic E-state index is 14.4. The van der Waals surface area contributed by atoms with Gasteiger partial charge in [0.1, 0.15) is 5.82 Å². The van der Waals surface area contributed by atoms with E-state index >= 15 is 0 Å². The molecule has 7 nitrogen and oxygen atoms in total. The molecule has 0 radical (unpaired) electrons. The lowest BCUT2D eigenvalue weighted by atomic mass is 9.84. The van der Waals surface area contributed by atoms with Crippen LogP contribution in [0, 0.1) is 15.9 Å². The van der Waals surface area contributed by atoms with E-state index in [1.54, 1.807) is 0 Å². The van der Waals surface area contributed by atoms with Crippen molar-refractivity contribution in [3.8, 4) is 0 Å². The number of nitro benzene ring substituents is 1. The summed E-state index contributed by atoms with van der Waals surface area (Å²) in [6, 6.07) is 1.99. The predicted octanol–water partition coefficient (Wildman–Crippen LogP) is 2.83. The molecule has 0 aromatic heterocycles. The minimum atomic E-state index is -1.84. The van der Waals surface area contributed by atoms with Crippen LogP contribution in [0.4, 0.5) is 10.1 Å². The zero-order chi connectivity index (χ0) is 19.5. The summed E-state index contributed by atoms with van der Waals surface area (Å²) < 4.78 is 14.4. The molecular formula is C18H25FN2O5. The van der Waals surface area contributed by atoms with Gasteiger partial charge in [0.15, 0.2) is 0 Å². The van der Waals surface area contributed by atoms with Crippen LogP contribution in [-0.2, 0) is 10.4 Å². The van der Waals surface area contributed by atoms with Crippen molar-refractivity contribution in [2.45, 2.75) is 70.1 Å². The standard InChI is InChI=1S/C18H25FN2O5/c1-11(22)16-14(21(25)26)8-7-13(19)17(16)18(2,24)10-9-15(23)20-12-5-3-4-6-12/h7-8,11-12,22,24H,3-6,9-10H2,1-2H3,(H,20,23). The maximum absolute atomic E-state index is 14.4. The third-order valence-electron chi connectivity index (χ3n) is 4.88. The minimum absolute atomic E-state index is 0.0507. The summed E-state index contributed by atoms with van der Waals surface area (Å²) >= 11 is 0. The van der Waals surface area contributed by atoms with Crippen LogP contribution in [0.5, 0.6) is 0 Å². The van der Waals surface area contributed by atoms with Crippen LogP contribution < -0.4 is 5.32 Å². The molecule has 3 N–H and O–H groups in total. The monoisotopic (exact) mass is 368 g/mol. The molecule has 1 aromatic carbocycles. The van der Waals surface area contributed by atoms with E-state index in [9.17, 15) is 29.5 Å². The Labute approximate surface area is 151 Å². The van der Waals surface area contributed by atoms with Gasteiger partial charge in [-0.3, -0.25) is 14.9 Å². The van der Waals surface area contributed by atoms with E-state index in [-0.39, 0.29) is 35.9 Å². The Bertz CT molecular complexity index is 684. The summed E-state index contributed by atoms with van der Waals surface area (Å²) in [5.41, 5.74) is -2.91. The molecule has 1 aliphatic carbocycles. The average Bonchev–Trinajstić information content (AvgIpc) is 3.05. The SMILES string of the molecule is CC(O)c1c([N+](=O)[O-])ccc(F)c1C(C)(O)CCC(=O)NC1CCCC1. The van der Waals surface area contributed by atoms with Gasteiger partial charge in [-0.15, -0.1) is 0 Å². The van der Waals surface area contributed by atoms with Crippen molar-refractivity contribution in [2.75, 3.05) is 0 Å². The van der Waals surface area contributed by atoms with Gasteiger partial charge in [-0.2, -0.15) is 0 Å². The van der Waals surface area contributed by atoms with E-state index in [2.05, 4.69) is 5.32 Å². The summed E-state index contributed by atoms with van der Waals surface area (Å²) in [7, 11) is 0. The summed E-state index contributed by atoms with van der Waals surface area (Å²) in [5, 5.41) is 34.8. The van der Waals surface area contributed by atoms with Crippen molar-refractivity contribution in [2.24, 2.45) is 0 Å². The molecule has 1 amide bonds. The fraction of sp³-hybridized carbons (Fsp3) is 0.611. The van der Waals surface area contributed by atoms with Gasteiger partial charge in [-0.1, -0.05) is 12.8 Å². The van der Waals surface area contributed by atoms with Crippen LogP contribution >= 0.6 is 0 Å². The van der Waals surface area contributed by atoms with Crippen molar-refractivity contribution in [1.29, 1.82) is 0 Å². The first-order valence-electron chi connectivity index (χ1n) is 8.80. The predicted molar refractivity (Wildman–Crippen MR) is 92.9 cm³/mol. The van der Waals surface area contributed by atoms with E-state index in [1.165, 1.54) is 13.8 Å². The molecule has 0 spiro atoms. The van der Waals surface area contributed by atoms with Gasteiger partial charge in [0.05, 0.1) is 22.2 Å². The highest BCUT2D eigenvalue weighted by Crippen LogP contribution is 2.39. The number of aliphatic hydroxyl groups is 2. The van der Waals surface area contributed by atoms with Crippen molar-refractivity contribution in [1.82, 2.24) is 5.32 Å².